The highest BCUT2D eigenvalue weighted by Crippen LogP contribution is 2.45. The maximum Gasteiger partial charge on any atom is 0.363 e. The first kappa shape index (κ1) is 15.5. The summed E-state index contributed by atoms with van der Waals surface area (Å²) >= 11 is 3.90. The molecule has 0 saturated carbocycles. The van der Waals surface area contributed by atoms with Crippen LogP contribution < -0.4 is 4.74 Å². The Morgan fingerprint density at radius 3 is 2.46 bits per heavy atom. The second kappa shape index (κ2) is 6.83. The lowest BCUT2D eigenvalue weighted by Crippen LogP contribution is -2.11. The van der Waals surface area contributed by atoms with Crippen molar-refractivity contribution in [3.05, 3.63) is 66.0 Å². The maximum absolute atomic E-state index is 12.3. The summed E-state index contributed by atoms with van der Waals surface area (Å²) in [5.74, 6) is 2.40. The number of esters is 1. The van der Waals surface area contributed by atoms with Crippen molar-refractivity contribution in [2.45, 2.75) is 4.58 Å². The Hall–Kier alpha value is -2.05. The van der Waals surface area contributed by atoms with Gasteiger partial charge in [-0.05, 0) is 29.8 Å². The molecule has 3 aromatic rings. The zero-order chi connectivity index (χ0) is 16.4. The highest BCUT2D eigenvalue weighted by Gasteiger charge is 2.18. The van der Waals surface area contributed by atoms with E-state index in [0.717, 1.165) is 5.52 Å². The van der Waals surface area contributed by atoms with Gasteiger partial charge in [-0.2, -0.15) is 0 Å². The van der Waals surface area contributed by atoms with E-state index in [1.54, 1.807) is 0 Å². The third-order valence-electron chi connectivity index (χ3n) is 3.64. The Morgan fingerprint density at radius 2 is 1.71 bits per heavy atom. The van der Waals surface area contributed by atoms with Crippen molar-refractivity contribution in [3.8, 4) is 5.75 Å². The number of hydrogen-bond donors (Lipinski definition) is 0. The molecule has 0 amide bonds. The van der Waals surface area contributed by atoms with Crippen LogP contribution in [0.5, 0.6) is 5.75 Å². The zero-order valence-corrected chi connectivity index (χ0v) is 14.3. The first-order valence-corrected chi connectivity index (χ1v) is 9.66. The van der Waals surface area contributed by atoms with Gasteiger partial charge >= 0.3 is 5.97 Å². The molecule has 6 heteroatoms. The minimum absolute atomic E-state index is 0.208. The highest BCUT2D eigenvalue weighted by molar-refractivity contribution is 8.19. The number of ether oxygens (including phenoxy) is 1. The van der Waals surface area contributed by atoms with Gasteiger partial charge in [0, 0.05) is 11.5 Å². The van der Waals surface area contributed by atoms with E-state index in [1.807, 2.05) is 72.1 Å². The molecule has 120 valence electrons. The quantitative estimate of drug-likeness (QED) is 0.515. The van der Waals surface area contributed by atoms with Crippen LogP contribution in [0.3, 0.4) is 0 Å². The van der Waals surface area contributed by atoms with E-state index >= 15 is 0 Å². The number of fused-ring (bicyclic) bond motifs is 1. The Kier molecular flexibility index (Phi) is 4.40. The fourth-order valence-electron chi connectivity index (χ4n) is 2.46. The lowest BCUT2D eigenvalue weighted by atomic mass is 10.2. The molecule has 4 rings (SSSR count). The van der Waals surface area contributed by atoms with Crippen LogP contribution in [-0.4, -0.2) is 27.4 Å². The van der Waals surface area contributed by atoms with Gasteiger partial charge in [0.15, 0.2) is 5.69 Å². The van der Waals surface area contributed by atoms with E-state index < -0.39 is 5.97 Å². The number of carbonyl (C=O) groups excluding carboxylic acids is 1. The van der Waals surface area contributed by atoms with Crippen molar-refractivity contribution >= 4 is 40.5 Å². The first-order valence-electron chi connectivity index (χ1n) is 7.57. The van der Waals surface area contributed by atoms with Crippen LogP contribution in [-0.2, 0) is 0 Å². The van der Waals surface area contributed by atoms with Crippen LogP contribution in [0.15, 0.2) is 54.7 Å². The molecule has 2 heterocycles. The minimum atomic E-state index is -0.495. The van der Waals surface area contributed by atoms with E-state index in [1.165, 1.54) is 23.3 Å². The average molecular weight is 354 g/mol. The standard InChI is InChI=1S/C18H14N2O2S2/c21-17(16-11-19-14-3-1-2-4-15(14)20-16)22-13-7-5-12(6-8-13)18-23-9-10-24-18/h1-8,11,18H,9-10H2. The summed E-state index contributed by atoms with van der Waals surface area (Å²) in [4.78, 5) is 20.8. The van der Waals surface area contributed by atoms with Crippen LogP contribution in [0.1, 0.15) is 20.6 Å². The molecular formula is C18H14N2O2S2. The van der Waals surface area contributed by atoms with Crippen molar-refractivity contribution in [1.29, 1.82) is 0 Å². The molecular weight excluding hydrogens is 340 g/mol. The normalized spacial score (nSPS) is 14.8. The third kappa shape index (κ3) is 3.25. The Bertz CT molecular complexity index is 878. The number of benzene rings is 2. The smallest absolute Gasteiger partial charge is 0.363 e. The van der Waals surface area contributed by atoms with Gasteiger partial charge < -0.3 is 4.74 Å². The molecule has 0 N–H and O–H groups in total. The second-order valence-corrected chi connectivity index (χ2v) is 8.00. The summed E-state index contributed by atoms with van der Waals surface area (Å²) in [5.41, 5.74) is 2.90. The molecule has 0 aliphatic carbocycles. The van der Waals surface area contributed by atoms with E-state index in [9.17, 15) is 4.79 Å². The molecule has 0 radical (unpaired) electrons. The molecule has 0 bridgehead atoms. The van der Waals surface area contributed by atoms with Gasteiger partial charge in [0.05, 0.1) is 21.8 Å². The van der Waals surface area contributed by atoms with Crippen LogP contribution in [0.4, 0.5) is 0 Å². The number of thioether (sulfide) groups is 2. The molecule has 1 saturated heterocycles. The molecule has 1 fully saturated rings. The summed E-state index contributed by atoms with van der Waals surface area (Å²) in [5, 5.41) is 0. The van der Waals surface area contributed by atoms with Gasteiger partial charge in [-0.1, -0.05) is 24.3 Å². The summed E-state index contributed by atoms with van der Waals surface area (Å²) in [7, 11) is 0. The zero-order valence-electron chi connectivity index (χ0n) is 12.7. The number of nitrogens with zero attached hydrogens (tertiary/aromatic N) is 2. The Balaban J connectivity index is 1.50. The molecule has 1 aliphatic rings. The van der Waals surface area contributed by atoms with Crippen LogP contribution >= 0.6 is 23.5 Å². The first-order chi connectivity index (χ1) is 11.8. The minimum Gasteiger partial charge on any atom is -0.422 e. The largest absolute Gasteiger partial charge is 0.422 e. The van der Waals surface area contributed by atoms with Gasteiger partial charge in [-0.15, -0.1) is 23.5 Å². The molecule has 1 aromatic heterocycles. The monoisotopic (exact) mass is 354 g/mol. The highest BCUT2D eigenvalue weighted by atomic mass is 32.2. The molecule has 0 atom stereocenters. The lowest BCUT2D eigenvalue weighted by Gasteiger charge is -2.09. The van der Waals surface area contributed by atoms with Crippen molar-refractivity contribution in [2.24, 2.45) is 0 Å². The van der Waals surface area contributed by atoms with Crippen molar-refractivity contribution < 1.29 is 9.53 Å². The summed E-state index contributed by atoms with van der Waals surface area (Å²) in [6.45, 7) is 0. The van der Waals surface area contributed by atoms with Gasteiger partial charge in [0.25, 0.3) is 0 Å². The average Bonchev–Trinajstić information content (AvgIpc) is 3.16. The summed E-state index contributed by atoms with van der Waals surface area (Å²) in [6, 6.07) is 15.1. The molecule has 1 aliphatic heterocycles. The SMILES string of the molecule is O=C(Oc1ccc(C2SCCS2)cc1)c1cnc2ccccc2n1. The number of aromatic nitrogens is 2. The predicted octanol–water partition coefficient (Wildman–Crippen LogP) is 4.33. The van der Waals surface area contributed by atoms with Crippen molar-refractivity contribution in [1.82, 2.24) is 9.97 Å². The molecule has 0 unspecified atom stereocenters. The Labute approximate surface area is 148 Å². The molecule has 2 aromatic carbocycles. The van der Waals surface area contributed by atoms with Gasteiger partial charge in [-0.25, -0.2) is 9.78 Å². The summed E-state index contributed by atoms with van der Waals surface area (Å²) < 4.78 is 5.90. The van der Waals surface area contributed by atoms with Crippen molar-refractivity contribution in [2.75, 3.05) is 11.5 Å². The fraction of sp³-hybridized carbons (Fsp3) is 0.167. The van der Waals surface area contributed by atoms with Gasteiger partial charge in [0.1, 0.15) is 5.75 Å². The van der Waals surface area contributed by atoms with Crippen molar-refractivity contribution in [3.63, 3.8) is 0 Å². The molecule has 24 heavy (non-hydrogen) atoms. The number of rotatable bonds is 3. The number of carbonyl (C=O) groups is 1. The summed E-state index contributed by atoms with van der Waals surface area (Å²) in [6.07, 6.45) is 1.45. The fourth-order valence-corrected chi connectivity index (χ4v) is 5.32. The van der Waals surface area contributed by atoms with E-state index in [0.29, 0.717) is 15.8 Å². The van der Waals surface area contributed by atoms with E-state index in [2.05, 4.69) is 9.97 Å². The van der Waals surface area contributed by atoms with Gasteiger partial charge in [-0.3, -0.25) is 4.98 Å². The lowest BCUT2D eigenvalue weighted by molar-refractivity contribution is 0.0728. The van der Waals surface area contributed by atoms with Crippen LogP contribution in [0.25, 0.3) is 11.0 Å². The maximum atomic E-state index is 12.3. The van der Waals surface area contributed by atoms with Crippen LogP contribution in [0, 0.1) is 0 Å². The number of para-hydroxylation sites is 2. The Morgan fingerprint density at radius 1 is 1.00 bits per heavy atom. The third-order valence-corrected chi connectivity index (χ3v) is 6.75. The molecule has 4 nitrogen and oxygen atoms in total. The van der Waals surface area contributed by atoms with E-state index in [-0.39, 0.29) is 5.69 Å². The number of hydrogen-bond acceptors (Lipinski definition) is 6. The van der Waals surface area contributed by atoms with Gasteiger partial charge in [0.2, 0.25) is 0 Å². The van der Waals surface area contributed by atoms with Crippen LogP contribution in [0.2, 0.25) is 0 Å². The predicted molar refractivity (Wildman–Crippen MR) is 98.6 cm³/mol. The molecule has 0 spiro atoms. The van der Waals surface area contributed by atoms with E-state index in [4.69, 9.17) is 4.74 Å². The second-order valence-electron chi connectivity index (χ2n) is 5.28. The topological polar surface area (TPSA) is 52.1 Å².